The van der Waals surface area contributed by atoms with Gasteiger partial charge in [0.25, 0.3) is 17.1 Å². The lowest BCUT2D eigenvalue weighted by Crippen LogP contribution is -2.37. The van der Waals surface area contributed by atoms with Crippen molar-refractivity contribution in [2.24, 2.45) is 0 Å². The topological polar surface area (TPSA) is 105 Å². The van der Waals surface area contributed by atoms with Crippen LogP contribution in [0.1, 0.15) is 15.9 Å². The number of nitrogens with zero attached hydrogens (tertiary/aromatic N) is 3. The molecule has 4 aromatic rings. The molecule has 0 unspecified atom stereocenters. The maximum Gasteiger partial charge on any atom is 0.293 e. The number of amides is 3. The summed E-state index contributed by atoms with van der Waals surface area (Å²) in [6.45, 7) is 0.179. The molecule has 8 nitrogen and oxygen atoms in total. The van der Waals surface area contributed by atoms with Crippen LogP contribution in [0.5, 0.6) is 0 Å². The van der Waals surface area contributed by atoms with E-state index in [2.05, 4.69) is 15.3 Å². The van der Waals surface area contributed by atoms with Crippen LogP contribution in [-0.4, -0.2) is 45.0 Å². The SMILES string of the molecule is O=C(NCCN1C(=O)SC(=Cc2cccnc2)C1=O)c1cc(-c2ccco2)nc2ccccc12. The van der Waals surface area contributed by atoms with Crippen LogP contribution in [0.4, 0.5) is 4.79 Å². The van der Waals surface area contributed by atoms with Crippen LogP contribution >= 0.6 is 11.8 Å². The summed E-state index contributed by atoms with van der Waals surface area (Å²) in [5.41, 5.74) is 2.37. The highest BCUT2D eigenvalue weighted by molar-refractivity contribution is 8.18. The summed E-state index contributed by atoms with van der Waals surface area (Å²) in [6, 6.07) is 16.1. The van der Waals surface area contributed by atoms with E-state index in [0.717, 1.165) is 22.2 Å². The first-order chi connectivity index (χ1) is 16.6. The minimum atomic E-state index is -0.387. The Morgan fingerprint density at radius 2 is 2.00 bits per heavy atom. The number of aromatic nitrogens is 2. The van der Waals surface area contributed by atoms with Gasteiger partial charge in [0.15, 0.2) is 5.76 Å². The monoisotopic (exact) mass is 470 g/mol. The number of carbonyl (C=O) groups is 3. The van der Waals surface area contributed by atoms with Gasteiger partial charge in [0.05, 0.1) is 22.2 Å². The highest BCUT2D eigenvalue weighted by Gasteiger charge is 2.34. The quantitative estimate of drug-likeness (QED) is 0.418. The van der Waals surface area contributed by atoms with E-state index >= 15 is 0 Å². The van der Waals surface area contributed by atoms with Crippen molar-refractivity contribution in [3.05, 3.63) is 89.3 Å². The van der Waals surface area contributed by atoms with E-state index in [1.807, 2.05) is 24.3 Å². The van der Waals surface area contributed by atoms with Crippen molar-refractivity contribution in [1.82, 2.24) is 20.2 Å². The molecule has 1 aliphatic heterocycles. The molecule has 3 amide bonds. The van der Waals surface area contributed by atoms with Gasteiger partial charge in [-0.1, -0.05) is 24.3 Å². The van der Waals surface area contributed by atoms with Crippen LogP contribution in [0.15, 0.2) is 82.6 Å². The minimum Gasteiger partial charge on any atom is -0.463 e. The maximum atomic E-state index is 13.0. The smallest absolute Gasteiger partial charge is 0.293 e. The Labute approximate surface area is 198 Å². The van der Waals surface area contributed by atoms with Crippen molar-refractivity contribution in [1.29, 1.82) is 0 Å². The van der Waals surface area contributed by atoms with Gasteiger partial charge in [-0.2, -0.15) is 0 Å². The maximum absolute atomic E-state index is 13.0. The van der Waals surface area contributed by atoms with Crippen molar-refractivity contribution in [2.75, 3.05) is 13.1 Å². The van der Waals surface area contributed by atoms with Crippen LogP contribution in [0.2, 0.25) is 0 Å². The number of thioether (sulfide) groups is 1. The van der Waals surface area contributed by atoms with Crippen LogP contribution in [0, 0.1) is 0 Å². The number of imide groups is 1. The lowest BCUT2D eigenvalue weighted by Gasteiger charge is -2.14. The van der Waals surface area contributed by atoms with E-state index in [9.17, 15) is 14.4 Å². The van der Waals surface area contributed by atoms with E-state index in [0.29, 0.717) is 32.8 Å². The van der Waals surface area contributed by atoms with Crippen LogP contribution in [0.25, 0.3) is 28.4 Å². The molecule has 1 aliphatic rings. The molecule has 168 valence electrons. The summed E-state index contributed by atoms with van der Waals surface area (Å²) in [4.78, 5) is 48.1. The van der Waals surface area contributed by atoms with Gasteiger partial charge in [0.2, 0.25) is 0 Å². The van der Waals surface area contributed by atoms with Gasteiger partial charge in [-0.25, -0.2) is 4.98 Å². The summed E-state index contributed by atoms with van der Waals surface area (Å²) in [5, 5.41) is 3.14. The lowest BCUT2D eigenvalue weighted by molar-refractivity contribution is -0.122. The number of hydrogen-bond acceptors (Lipinski definition) is 7. The minimum absolute atomic E-state index is 0.0643. The molecule has 0 radical (unpaired) electrons. The van der Waals surface area contributed by atoms with Gasteiger partial charge in [-0.15, -0.1) is 0 Å². The summed E-state index contributed by atoms with van der Waals surface area (Å²) in [5.74, 6) is -0.162. The summed E-state index contributed by atoms with van der Waals surface area (Å²) in [7, 11) is 0. The van der Waals surface area contributed by atoms with Gasteiger partial charge in [0, 0.05) is 30.9 Å². The first kappa shape index (κ1) is 21.6. The fraction of sp³-hybridized carbons (Fsp3) is 0.0800. The number of pyridine rings is 2. The average Bonchev–Trinajstić information content (AvgIpc) is 3.48. The number of nitrogens with one attached hydrogen (secondary N) is 1. The molecule has 1 N–H and O–H groups in total. The Kier molecular flexibility index (Phi) is 5.92. The number of hydrogen-bond donors (Lipinski definition) is 1. The molecule has 0 saturated carbocycles. The zero-order valence-corrected chi connectivity index (χ0v) is 18.6. The normalized spacial score (nSPS) is 14.8. The lowest BCUT2D eigenvalue weighted by atomic mass is 10.1. The third kappa shape index (κ3) is 4.33. The molecule has 0 aliphatic carbocycles. The Morgan fingerprint density at radius 3 is 2.79 bits per heavy atom. The third-order valence-corrected chi connectivity index (χ3v) is 6.12. The fourth-order valence-corrected chi connectivity index (χ4v) is 4.46. The highest BCUT2D eigenvalue weighted by atomic mass is 32.2. The molecule has 5 rings (SSSR count). The molecule has 34 heavy (non-hydrogen) atoms. The van der Waals surface area contributed by atoms with Gasteiger partial charge in [-0.05, 0) is 53.7 Å². The van der Waals surface area contributed by atoms with E-state index < -0.39 is 0 Å². The van der Waals surface area contributed by atoms with Crippen molar-refractivity contribution in [2.45, 2.75) is 0 Å². The van der Waals surface area contributed by atoms with Gasteiger partial charge in [-0.3, -0.25) is 24.3 Å². The number of benzene rings is 1. The molecular formula is C25H18N4O4S. The van der Waals surface area contributed by atoms with Crippen LogP contribution < -0.4 is 5.32 Å². The van der Waals surface area contributed by atoms with Crippen molar-refractivity contribution in [3.63, 3.8) is 0 Å². The molecule has 1 fully saturated rings. The Balaban J connectivity index is 1.30. The molecule has 4 heterocycles. The molecule has 9 heteroatoms. The number of rotatable bonds is 6. The van der Waals surface area contributed by atoms with Crippen LogP contribution in [0.3, 0.4) is 0 Å². The first-order valence-corrected chi connectivity index (χ1v) is 11.3. The predicted molar refractivity (Wildman–Crippen MR) is 129 cm³/mol. The first-order valence-electron chi connectivity index (χ1n) is 10.5. The molecular weight excluding hydrogens is 452 g/mol. The number of carbonyl (C=O) groups excluding carboxylic acids is 3. The Morgan fingerprint density at radius 1 is 1.12 bits per heavy atom. The summed E-state index contributed by atoms with van der Waals surface area (Å²) in [6.07, 6.45) is 6.43. The third-order valence-electron chi connectivity index (χ3n) is 5.21. The number of furan rings is 1. The van der Waals surface area contributed by atoms with Crippen molar-refractivity contribution < 1.29 is 18.8 Å². The molecule has 0 atom stereocenters. The largest absolute Gasteiger partial charge is 0.463 e. The van der Waals surface area contributed by atoms with Gasteiger partial charge >= 0.3 is 0 Å². The fourth-order valence-electron chi connectivity index (χ4n) is 3.60. The number of para-hydroxylation sites is 1. The van der Waals surface area contributed by atoms with Crippen LogP contribution in [-0.2, 0) is 4.79 Å². The molecule has 3 aromatic heterocycles. The average molecular weight is 471 g/mol. The van der Waals surface area contributed by atoms with E-state index in [1.165, 1.54) is 0 Å². The molecule has 0 spiro atoms. The van der Waals surface area contributed by atoms with Crippen molar-refractivity contribution in [3.8, 4) is 11.5 Å². The molecule has 1 aromatic carbocycles. The zero-order valence-electron chi connectivity index (χ0n) is 17.8. The van der Waals surface area contributed by atoms with Gasteiger partial charge in [0.1, 0.15) is 5.69 Å². The highest BCUT2D eigenvalue weighted by Crippen LogP contribution is 2.32. The van der Waals surface area contributed by atoms with E-state index in [-0.39, 0.29) is 30.1 Å². The predicted octanol–water partition coefficient (Wildman–Crippen LogP) is 4.36. The second kappa shape index (κ2) is 9.32. The van der Waals surface area contributed by atoms with Crippen molar-refractivity contribution >= 4 is 45.8 Å². The molecule has 1 saturated heterocycles. The summed E-state index contributed by atoms with van der Waals surface area (Å²) >= 11 is 0.874. The molecule has 0 bridgehead atoms. The Bertz CT molecular complexity index is 1420. The van der Waals surface area contributed by atoms with E-state index in [4.69, 9.17) is 4.42 Å². The Hall–Kier alpha value is -4.24. The summed E-state index contributed by atoms with van der Waals surface area (Å²) < 4.78 is 5.44. The zero-order chi connectivity index (χ0) is 23.5. The second-order valence-electron chi connectivity index (χ2n) is 7.43. The van der Waals surface area contributed by atoms with E-state index in [1.54, 1.807) is 55.1 Å². The second-order valence-corrected chi connectivity index (χ2v) is 8.42. The standard InChI is InChI=1S/C25H18N4O4S/c30-23(18-14-20(21-8-4-12-33-21)28-19-7-2-1-6-17(18)19)27-10-11-29-24(31)22(34-25(29)32)13-16-5-3-9-26-15-16/h1-9,12-15H,10-11H2,(H,27,30). The van der Waals surface area contributed by atoms with Gasteiger partial charge < -0.3 is 9.73 Å². The number of fused-ring (bicyclic) bond motifs is 1.